The van der Waals surface area contributed by atoms with E-state index in [9.17, 15) is 4.79 Å². The number of aromatic nitrogens is 5. The molecule has 3 aromatic heterocycles. The Bertz CT molecular complexity index is 1110. The molecule has 4 rings (SSSR count). The van der Waals surface area contributed by atoms with Gasteiger partial charge in [-0.15, -0.1) is 0 Å². The summed E-state index contributed by atoms with van der Waals surface area (Å²) < 4.78 is 13.4. The highest BCUT2D eigenvalue weighted by Gasteiger charge is 2.27. The van der Waals surface area contributed by atoms with Crippen molar-refractivity contribution in [3.8, 4) is 5.88 Å². The molecule has 1 unspecified atom stereocenters. The van der Waals surface area contributed by atoms with E-state index >= 15 is 0 Å². The highest BCUT2D eigenvalue weighted by Crippen LogP contribution is 2.18. The molecular formula is C22H28N6O3. The molecule has 1 amide bonds. The van der Waals surface area contributed by atoms with Gasteiger partial charge < -0.3 is 14.4 Å². The largest absolute Gasteiger partial charge is 0.475 e. The summed E-state index contributed by atoms with van der Waals surface area (Å²) in [6, 6.07) is 3.71. The Labute approximate surface area is 181 Å². The maximum absolute atomic E-state index is 13.2. The summed E-state index contributed by atoms with van der Waals surface area (Å²) in [6.45, 7) is 11.5. The van der Waals surface area contributed by atoms with Crippen molar-refractivity contribution in [1.29, 1.82) is 0 Å². The predicted molar refractivity (Wildman–Crippen MR) is 114 cm³/mol. The van der Waals surface area contributed by atoms with Gasteiger partial charge in [-0.25, -0.2) is 14.5 Å². The SMILES string of the molecule is Cc1cc(OCC2CN(C(=O)c3cnc4cc(C)nn4c3C)CCO2)nc(C(C)C)n1. The molecule has 0 N–H and O–H groups in total. The molecule has 4 heterocycles. The van der Waals surface area contributed by atoms with Crippen LogP contribution in [0.1, 0.15) is 53.0 Å². The highest BCUT2D eigenvalue weighted by atomic mass is 16.5. The van der Waals surface area contributed by atoms with E-state index in [0.29, 0.717) is 37.7 Å². The van der Waals surface area contributed by atoms with E-state index in [0.717, 1.165) is 28.6 Å². The highest BCUT2D eigenvalue weighted by molar-refractivity contribution is 5.95. The molecule has 1 aliphatic rings. The van der Waals surface area contributed by atoms with E-state index < -0.39 is 0 Å². The van der Waals surface area contributed by atoms with Gasteiger partial charge >= 0.3 is 0 Å². The van der Waals surface area contributed by atoms with Crippen molar-refractivity contribution >= 4 is 11.6 Å². The number of ether oxygens (including phenoxy) is 2. The lowest BCUT2D eigenvalue weighted by molar-refractivity contribution is -0.0408. The smallest absolute Gasteiger partial charge is 0.257 e. The van der Waals surface area contributed by atoms with Gasteiger partial charge in [0.2, 0.25) is 5.88 Å². The van der Waals surface area contributed by atoms with Crippen molar-refractivity contribution in [3.63, 3.8) is 0 Å². The summed E-state index contributed by atoms with van der Waals surface area (Å²) in [4.78, 5) is 28.3. The molecular weight excluding hydrogens is 396 g/mol. The van der Waals surface area contributed by atoms with E-state index in [1.807, 2.05) is 46.8 Å². The first kappa shape index (κ1) is 21.2. The number of fused-ring (bicyclic) bond motifs is 1. The standard InChI is InChI=1S/C22H28N6O3/c1-13(2)21-24-14(3)9-20(25-21)31-12-17-11-27(6-7-30-17)22(29)18-10-23-19-8-15(4)26-28(19)16(18)5/h8-10,13,17H,6-7,11-12H2,1-5H3. The van der Waals surface area contributed by atoms with Crippen LogP contribution in [0.4, 0.5) is 0 Å². The van der Waals surface area contributed by atoms with Gasteiger partial charge in [0.1, 0.15) is 18.5 Å². The minimum absolute atomic E-state index is 0.0756. The van der Waals surface area contributed by atoms with Crippen LogP contribution in [0.15, 0.2) is 18.3 Å². The van der Waals surface area contributed by atoms with Gasteiger partial charge in [-0.1, -0.05) is 13.8 Å². The van der Waals surface area contributed by atoms with Crippen molar-refractivity contribution in [2.75, 3.05) is 26.3 Å². The first-order valence-corrected chi connectivity index (χ1v) is 10.5. The fourth-order valence-electron chi connectivity index (χ4n) is 3.62. The van der Waals surface area contributed by atoms with Crippen LogP contribution in [-0.2, 0) is 4.74 Å². The van der Waals surface area contributed by atoms with Gasteiger partial charge in [-0.3, -0.25) is 4.79 Å². The molecule has 9 nitrogen and oxygen atoms in total. The summed E-state index contributed by atoms with van der Waals surface area (Å²) in [5.74, 6) is 1.42. The molecule has 0 aliphatic carbocycles. The van der Waals surface area contributed by atoms with Crippen LogP contribution >= 0.6 is 0 Å². The van der Waals surface area contributed by atoms with Crippen LogP contribution in [0.3, 0.4) is 0 Å². The third-order valence-electron chi connectivity index (χ3n) is 5.28. The Balaban J connectivity index is 1.44. The van der Waals surface area contributed by atoms with E-state index in [1.54, 1.807) is 15.6 Å². The second-order valence-corrected chi connectivity index (χ2v) is 8.23. The molecule has 0 saturated carbocycles. The lowest BCUT2D eigenvalue weighted by Crippen LogP contribution is -2.48. The minimum Gasteiger partial charge on any atom is -0.475 e. The molecule has 9 heteroatoms. The molecule has 0 aromatic carbocycles. The molecule has 1 atom stereocenters. The average Bonchev–Trinajstić information content (AvgIpc) is 3.13. The van der Waals surface area contributed by atoms with E-state index in [1.165, 1.54) is 0 Å². The molecule has 31 heavy (non-hydrogen) atoms. The number of carbonyl (C=O) groups excluding carboxylic acids is 1. The van der Waals surface area contributed by atoms with Gasteiger partial charge in [-0.05, 0) is 20.8 Å². The fraction of sp³-hybridized carbons (Fsp3) is 0.500. The van der Waals surface area contributed by atoms with Gasteiger partial charge in [0.25, 0.3) is 5.91 Å². The summed E-state index contributed by atoms with van der Waals surface area (Å²) in [5.41, 5.74) is 3.79. The lowest BCUT2D eigenvalue weighted by atomic mass is 10.2. The van der Waals surface area contributed by atoms with Gasteiger partial charge in [0, 0.05) is 36.5 Å². The molecule has 1 fully saturated rings. The zero-order valence-electron chi connectivity index (χ0n) is 18.6. The number of morpholine rings is 1. The third kappa shape index (κ3) is 4.51. The molecule has 1 saturated heterocycles. The minimum atomic E-state index is -0.237. The number of carbonyl (C=O) groups is 1. The van der Waals surface area contributed by atoms with Crippen LogP contribution in [0.5, 0.6) is 5.88 Å². The number of amides is 1. The van der Waals surface area contributed by atoms with Crippen molar-refractivity contribution in [1.82, 2.24) is 29.5 Å². The number of hydrogen-bond donors (Lipinski definition) is 0. The monoisotopic (exact) mass is 424 g/mol. The maximum Gasteiger partial charge on any atom is 0.257 e. The molecule has 0 spiro atoms. The number of hydrogen-bond acceptors (Lipinski definition) is 7. The summed E-state index contributed by atoms with van der Waals surface area (Å²) in [5, 5.41) is 4.43. The Morgan fingerprint density at radius 2 is 2.03 bits per heavy atom. The van der Waals surface area contributed by atoms with Gasteiger partial charge in [0.15, 0.2) is 5.65 Å². The summed E-state index contributed by atoms with van der Waals surface area (Å²) >= 11 is 0. The van der Waals surface area contributed by atoms with Crippen LogP contribution in [-0.4, -0.2) is 67.8 Å². The number of nitrogens with zero attached hydrogens (tertiary/aromatic N) is 6. The molecule has 3 aromatic rings. The molecule has 0 radical (unpaired) electrons. The predicted octanol–water partition coefficient (Wildman–Crippen LogP) is 2.49. The third-order valence-corrected chi connectivity index (χ3v) is 5.28. The van der Waals surface area contributed by atoms with Gasteiger partial charge in [-0.2, -0.15) is 10.1 Å². The van der Waals surface area contributed by atoms with Crippen molar-refractivity contribution in [3.05, 3.63) is 46.8 Å². The summed E-state index contributed by atoms with van der Waals surface area (Å²) in [6.07, 6.45) is 1.39. The van der Waals surface area contributed by atoms with Crippen molar-refractivity contribution in [2.24, 2.45) is 0 Å². The Morgan fingerprint density at radius 3 is 2.81 bits per heavy atom. The van der Waals surface area contributed by atoms with E-state index in [4.69, 9.17) is 9.47 Å². The Kier molecular flexibility index (Phi) is 5.86. The molecule has 0 bridgehead atoms. The second-order valence-electron chi connectivity index (χ2n) is 8.23. The van der Waals surface area contributed by atoms with Crippen LogP contribution < -0.4 is 4.74 Å². The normalized spacial score (nSPS) is 16.8. The molecule has 164 valence electrons. The first-order chi connectivity index (χ1) is 14.8. The maximum atomic E-state index is 13.2. The zero-order valence-corrected chi connectivity index (χ0v) is 18.6. The fourth-order valence-corrected chi connectivity index (χ4v) is 3.62. The molecule has 1 aliphatic heterocycles. The van der Waals surface area contributed by atoms with Crippen LogP contribution in [0, 0.1) is 20.8 Å². The van der Waals surface area contributed by atoms with E-state index in [2.05, 4.69) is 20.1 Å². The number of rotatable bonds is 5. The Morgan fingerprint density at radius 1 is 1.23 bits per heavy atom. The first-order valence-electron chi connectivity index (χ1n) is 10.5. The van der Waals surface area contributed by atoms with Gasteiger partial charge in [0.05, 0.1) is 30.1 Å². The Hall–Kier alpha value is -3.07. The average molecular weight is 425 g/mol. The second kappa shape index (κ2) is 8.58. The van der Waals surface area contributed by atoms with Crippen molar-refractivity contribution < 1.29 is 14.3 Å². The topological polar surface area (TPSA) is 94.7 Å². The van der Waals surface area contributed by atoms with Crippen molar-refractivity contribution in [2.45, 2.75) is 46.6 Å². The van der Waals surface area contributed by atoms with Crippen LogP contribution in [0.2, 0.25) is 0 Å². The number of aryl methyl sites for hydroxylation is 3. The quantitative estimate of drug-likeness (QED) is 0.621. The van der Waals surface area contributed by atoms with Crippen LogP contribution in [0.25, 0.3) is 5.65 Å². The lowest BCUT2D eigenvalue weighted by Gasteiger charge is -2.33. The summed E-state index contributed by atoms with van der Waals surface area (Å²) in [7, 11) is 0. The van der Waals surface area contributed by atoms with E-state index in [-0.39, 0.29) is 17.9 Å². The zero-order chi connectivity index (χ0) is 22.1.